The third kappa shape index (κ3) is 6.43. The van der Waals surface area contributed by atoms with Gasteiger partial charge in [0, 0.05) is 19.1 Å². The molecule has 2 rings (SSSR count). The number of carbonyl (C=O) groups excluding carboxylic acids is 1. The molecule has 23 heavy (non-hydrogen) atoms. The van der Waals surface area contributed by atoms with Crippen LogP contribution in [0.25, 0.3) is 0 Å². The zero-order valence-electron chi connectivity index (χ0n) is 14.2. The van der Waals surface area contributed by atoms with E-state index in [9.17, 15) is 4.79 Å². The highest BCUT2D eigenvalue weighted by Crippen LogP contribution is 2.16. The second-order valence-electron chi connectivity index (χ2n) is 6.10. The second-order valence-corrected chi connectivity index (χ2v) is 6.10. The van der Waals surface area contributed by atoms with Crippen LogP contribution in [0.5, 0.6) is 0 Å². The quantitative estimate of drug-likeness (QED) is 0.617. The van der Waals surface area contributed by atoms with Gasteiger partial charge in [-0.1, -0.05) is 32.6 Å². The number of aromatic nitrogens is 2. The SMILES string of the molecule is CCc1nnc(C)cc1C(=O)NCCNC1CCCCCC1.Cl. The van der Waals surface area contributed by atoms with E-state index in [1.807, 2.05) is 19.9 Å². The van der Waals surface area contributed by atoms with E-state index in [2.05, 4.69) is 20.8 Å². The summed E-state index contributed by atoms with van der Waals surface area (Å²) in [5.41, 5.74) is 2.20. The smallest absolute Gasteiger partial charge is 0.253 e. The third-order valence-electron chi connectivity index (χ3n) is 4.27. The van der Waals surface area contributed by atoms with E-state index in [0.717, 1.165) is 24.4 Å². The Balaban J connectivity index is 0.00000264. The van der Waals surface area contributed by atoms with Crippen LogP contribution < -0.4 is 10.6 Å². The number of nitrogens with one attached hydrogen (secondary N) is 2. The third-order valence-corrected chi connectivity index (χ3v) is 4.27. The van der Waals surface area contributed by atoms with E-state index in [1.165, 1.54) is 38.5 Å². The van der Waals surface area contributed by atoms with Crippen molar-refractivity contribution in [1.29, 1.82) is 0 Å². The molecule has 0 saturated heterocycles. The highest BCUT2D eigenvalue weighted by Gasteiger charge is 2.13. The number of carbonyl (C=O) groups is 1. The number of halogens is 1. The topological polar surface area (TPSA) is 66.9 Å². The van der Waals surface area contributed by atoms with Gasteiger partial charge in [0.05, 0.1) is 17.0 Å². The van der Waals surface area contributed by atoms with Gasteiger partial charge in [-0.2, -0.15) is 10.2 Å². The normalized spacial score (nSPS) is 15.6. The summed E-state index contributed by atoms with van der Waals surface area (Å²) in [6.45, 7) is 5.33. The number of amides is 1. The van der Waals surface area contributed by atoms with Crippen molar-refractivity contribution < 1.29 is 4.79 Å². The molecule has 130 valence electrons. The van der Waals surface area contributed by atoms with Crippen LogP contribution in [0, 0.1) is 6.92 Å². The predicted octanol–water partition coefficient (Wildman–Crippen LogP) is 2.81. The molecule has 1 aliphatic carbocycles. The minimum Gasteiger partial charge on any atom is -0.351 e. The van der Waals surface area contributed by atoms with E-state index < -0.39 is 0 Å². The molecular weight excluding hydrogens is 312 g/mol. The number of nitrogens with zero attached hydrogens (tertiary/aromatic N) is 2. The molecule has 0 aliphatic heterocycles. The Hall–Kier alpha value is -1.20. The molecule has 1 amide bonds. The van der Waals surface area contributed by atoms with Crippen molar-refractivity contribution in [3.05, 3.63) is 23.0 Å². The van der Waals surface area contributed by atoms with Crippen LogP contribution in [0.1, 0.15) is 67.2 Å². The van der Waals surface area contributed by atoms with Crippen molar-refractivity contribution in [1.82, 2.24) is 20.8 Å². The van der Waals surface area contributed by atoms with Gasteiger partial charge in [0.15, 0.2) is 0 Å². The summed E-state index contributed by atoms with van der Waals surface area (Å²) < 4.78 is 0. The van der Waals surface area contributed by atoms with Crippen LogP contribution in [0.3, 0.4) is 0 Å². The molecule has 0 unspecified atom stereocenters. The zero-order valence-corrected chi connectivity index (χ0v) is 15.0. The Morgan fingerprint density at radius 3 is 2.52 bits per heavy atom. The molecule has 0 spiro atoms. The van der Waals surface area contributed by atoms with E-state index in [4.69, 9.17) is 0 Å². The standard InChI is InChI=1S/C17H28N4O.ClH/c1-3-16-15(12-13(2)20-21-16)17(22)19-11-10-18-14-8-6-4-5-7-9-14;/h12,14,18H,3-11H2,1-2H3,(H,19,22);1H. The van der Waals surface area contributed by atoms with E-state index in [0.29, 0.717) is 18.2 Å². The molecule has 5 nitrogen and oxygen atoms in total. The lowest BCUT2D eigenvalue weighted by Crippen LogP contribution is -2.37. The zero-order chi connectivity index (χ0) is 15.8. The number of aryl methyl sites for hydroxylation is 2. The van der Waals surface area contributed by atoms with Gasteiger partial charge >= 0.3 is 0 Å². The molecule has 2 N–H and O–H groups in total. The summed E-state index contributed by atoms with van der Waals surface area (Å²) in [4.78, 5) is 12.3. The summed E-state index contributed by atoms with van der Waals surface area (Å²) in [6.07, 6.45) is 8.63. The van der Waals surface area contributed by atoms with Crippen molar-refractivity contribution in [3.8, 4) is 0 Å². The second kappa shape index (κ2) is 10.6. The van der Waals surface area contributed by atoms with Gasteiger partial charge in [-0.25, -0.2) is 0 Å². The van der Waals surface area contributed by atoms with Crippen molar-refractivity contribution in [2.24, 2.45) is 0 Å². The van der Waals surface area contributed by atoms with E-state index in [1.54, 1.807) is 0 Å². The first kappa shape index (κ1) is 19.8. The number of hydrogen-bond acceptors (Lipinski definition) is 4. The molecule has 1 aromatic heterocycles. The van der Waals surface area contributed by atoms with Crippen molar-refractivity contribution in [2.75, 3.05) is 13.1 Å². The summed E-state index contributed by atoms with van der Waals surface area (Å²) in [6, 6.07) is 2.44. The fourth-order valence-corrected chi connectivity index (χ4v) is 3.00. The highest BCUT2D eigenvalue weighted by atomic mass is 35.5. The predicted molar refractivity (Wildman–Crippen MR) is 95.2 cm³/mol. The molecule has 6 heteroatoms. The van der Waals surface area contributed by atoms with Gasteiger partial charge in [-0.05, 0) is 32.3 Å². The van der Waals surface area contributed by atoms with E-state index >= 15 is 0 Å². The number of rotatable bonds is 6. The first-order valence-electron chi connectivity index (χ1n) is 8.55. The van der Waals surface area contributed by atoms with E-state index in [-0.39, 0.29) is 18.3 Å². The maximum atomic E-state index is 12.3. The lowest BCUT2D eigenvalue weighted by molar-refractivity contribution is 0.0951. The Morgan fingerprint density at radius 2 is 1.87 bits per heavy atom. The van der Waals surface area contributed by atoms with Crippen molar-refractivity contribution in [3.63, 3.8) is 0 Å². The van der Waals surface area contributed by atoms with Gasteiger partial charge < -0.3 is 10.6 Å². The first-order chi connectivity index (χ1) is 10.7. The lowest BCUT2D eigenvalue weighted by atomic mass is 10.1. The summed E-state index contributed by atoms with van der Waals surface area (Å²) in [5, 5.41) is 14.7. The maximum absolute atomic E-state index is 12.3. The van der Waals surface area contributed by atoms with Gasteiger partial charge in [-0.3, -0.25) is 4.79 Å². The molecule has 1 saturated carbocycles. The van der Waals surface area contributed by atoms with Gasteiger partial charge in [0.25, 0.3) is 5.91 Å². The molecule has 1 aliphatic rings. The molecule has 0 atom stereocenters. The van der Waals surface area contributed by atoms with Crippen molar-refractivity contribution >= 4 is 18.3 Å². The van der Waals surface area contributed by atoms with Crippen LogP contribution in [0.2, 0.25) is 0 Å². The highest BCUT2D eigenvalue weighted by molar-refractivity contribution is 5.95. The summed E-state index contributed by atoms with van der Waals surface area (Å²) in [5.74, 6) is -0.0440. The van der Waals surface area contributed by atoms with Crippen LogP contribution in [0.15, 0.2) is 6.07 Å². The Bertz CT molecular complexity index is 487. The van der Waals surface area contributed by atoms with Crippen LogP contribution in [0.4, 0.5) is 0 Å². The van der Waals surface area contributed by atoms with Crippen LogP contribution in [-0.4, -0.2) is 35.2 Å². The molecule has 0 radical (unpaired) electrons. The monoisotopic (exact) mass is 340 g/mol. The molecule has 0 bridgehead atoms. The first-order valence-corrected chi connectivity index (χ1v) is 8.55. The average molecular weight is 341 g/mol. The maximum Gasteiger partial charge on any atom is 0.253 e. The Kier molecular flexibility index (Phi) is 9.10. The van der Waals surface area contributed by atoms with Gasteiger partial charge in [-0.15, -0.1) is 12.4 Å². The summed E-state index contributed by atoms with van der Waals surface area (Å²) >= 11 is 0. The molecular formula is C17H29ClN4O. The van der Waals surface area contributed by atoms with Crippen molar-refractivity contribution in [2.45, 2.75) is 64.8 Å². The van der Waals surface area contributed by atoms with Gasteiger partial charge in [0.2, 0.25) is 0 Å². The Morgan fingerprint density at radius 1 is 1.17 bits per heavy atom. The fourth-order valence-electron chi connectivity index (χ4n) is 3.00. The fraction of sp³-hybridized carbons (Fsp3) is 0.706. The largest absolute Gasteiger partial charge is 0.351 e. The minimum atomic E-state index is -0.0440. The number of hydrogen-bond donors (Lipinski definition) is 2. The summed E-state index contributed by atoms with van der Waals surface area (Å²) in [7, 11) is 0. The molecule has 1 heterocycles. The van der Waals surface area contributed by atoms with Crippen LogP contribution >= 0.6 is 12.4 Å². The lowest BCUT2D eigenvalue weighted by Gasteiger charge is -2.16. The average Bonchev–Trinajstić information content (AvgIpc) is 2.80. The van der Waals surface area contributed by atoms with Gasteiger partial charge in [0.1, 0.15) is 0 Å². The Labute approximate surface area is 145 Å². The molecule has 0 aromatic carbocycles. The molecule has 1 aromatic rings. The minimum absolute atomic E-state index is 0. The van der Waals surface area contributed by atoms with Crippen LogP contribution in [-0.2, 0) is 6.42 Å². The molecule has 1 fully saturated rings.